The molecule has 1 amide bonds. The van der Waals surface area contributed by atoms with Gasteiger partial charge in [0.15, 0.2) is 0 Å². The highest BCUT2D eigenvalue weighted by Crippen LogP contribution is 2.26. The van der Waals surface area contributed by atoms with Crippen LogP contribution in [0.1, 0.15) is 43.0 Å². The van der Waals surface area contributed by atoms with Gasteiger partial charge in [0.1, 0.15) is 4.34 Å². The molecule has 2 rings (SSSR count). The number of carbonyl (C=O) groups is 1. The number of unbranched alkanes of at least 4 members (excludes halogenated alkanes) is 2. The molecule has 1 aromatic carbocycles. The molecule has 0 unspecified atom stereocenters. The van der Waals surface area contributed by atoms with Crippen molar-refractivity contribution in [2.75, 3.05) is 6.54 Å². The number of carbonyl (C=O) groups excluding carboxylic acids is 1. The molecule has 23 heavy (non-hydrogen) atoms. The molecule has 5 heteroatoms. The lowest BCUT2D eigenvalue weighted by molar-refractivity contribution is -0.120. The van der Waals surface area contributed by atoms with Gasteiger partial charge < -0.3 is 5.32 Å². The van der Waals surface area contributed by atoms with Crippen LogP contribution < -0.4 is 5.32 Å². The van der Waals surface area contributed by atoms with Crippen LogP contribution in [0.5, 0.6) is 0 Å². The summed E-state index contributed by atoms with van der Waals surface area (Å²) >= 11 is 3.35. The van der Waals surface area contributed by atoms with E-state index in [4.69, 9.17) is 0 Å². The van der Waals surface area contributed by atoms with Crippen molar-refractivity contribution in [2.24, 2.45) is 0 Å². The SMILES string of the molecule is CCCCCNC(=O)Cc1csc(SCc2ccc(C)cc2)n1. The number of benzene rings is 1. The van der Waals surface area contributed by atoms with Gasteiger partial charge in [0, 0.05) is 17.7 Å². The number of nitrogens with zero attached hydrogens (tertiary/aromatic N) is 1. The molecule has 2 aromatic rings. The summed E-state index contributed by atoms with van der Waals surface area (Å²) in [4.78, 5) is 16.4. The lowest BCUT2D eigenvalue weighted by Gasteiger charge is -2.02. The normalized spacial score (nSPS) is 10.7. The van der Waals surface area contributed by atoms with Crippen LogP contribution in [0.15, 0.2) is 34.0 Å². The smallest absolute Gasteiger partial charge is 0.226 e. The summed E-state index contributed by atoms with van der Waals surface area (Å²) in [5.41, 5.74) is 3.45. The Hall–Kier alpha value is -1.33. The number of hydrogen-bond acceptors (Lipinski definition) is 4. The minimum atomic E-state index is 0.0708. The van der Waals surface area contributed by atoms with Crippen molar-refractivity contribution in [3.63, 3.8) is 0 Å². The van der Waals surface area contributed by atoms with E-state index in [-0.39, 0.29) is 5.91 Å². The third-order valence-corrected chi connectivity index (χ3v) is 5.60. The summed E-state index contributed by atoms with van der Waals surface area (Å²) in [6.45, 7) is 5.02. The zero-order valence-electron chi connectivity index (χ0n) is 13.8. The van der Waals surface area contributed by atoms with E-state index in [1.54, 1.807) is 23.1 Å². The molecule has 0 bridgehead atoms. The van der Waals surface area contributed by atoms with Crippen LogP contribution in [-0.4, -0.2) is 17.4 Å². The van der Waals surface area contributed by atoms with Gasteiger partial charge >= 0.3 is 0 Å². The summed E-state index contributed by atoms with van der Waals surface area (Å²) < 4.78 is 1.03. The summed E-state index contributed by atoms with van der Waals surface area (Å²) in [6.07, 6.45) is 3.77. The molecule has 1 N–H and O–H groups in total. The molecule has 0 aliphatic carbocycles. The van der Waals surface area contributed by atoms with Crippen LogP contribution in [0.3, 0.4) is 0 Å². The minimum Gasteiger partial charge on any atom is -0.356 e. The van der Waals surface area contributed by atoms with Crippen LogP contribution in [0.4, 0.5) is 0 Å². The Balaban J connectivity index is 1.74. The van der Waals surface area contributed by atoms with Gasteiger partial charge in [-0.1, -0.05) is 61.4 Å². The maximum atomic E-state index is 11.8. The average molecular weight is 349 g/mol. The second kappa shape index (κ2) is 9.73. The number of nitrogens with one attached hydrogen (secondary N) is 1. The Labute approximate surface area is 146 Å². The number of thioether (sulfide) groups is 1. The molecule has 1 aromatic heterocycles. The van der Waals surface area contributed by atoms with Gasteiger partial charge in [-0.15, -0.1) is 11.3 Å². The molecular weight excluding hydrogens is 324 g/mol. The zero-order chi connectivity index (χ0) is 16.5. The maximum absolute atomic E-state index is 11.8. The predicted octanol–water partition coefficient (Wildman–Crippen LogP) is 4.59. The quantitative estimate of drug-likeness (QED) is 0.532. The van der Waals surface area contributed by atoms with Gasteiger partial charge in [0.25, 0.3) is 0 Å². The molecule has 0 spiro atoms. The number of amides is 1. The highest BCUT2D eigenvalue weighted by molar-refractivity contribution is 8.00. The van der Waals surface area contributed by atoms with Gasteiger partial charge in [0.05, 0.1) is 12.1 Å². The molecule has 0 aliphatic heterocycles. The minimum absolute atomic E-state index is 0.0708. The molecule has 0 fully saturated rings. The Morgan fingerprint density at radius 1 is 1.26 bits per heavy atom. The van der Waals surface area contributed by atoms with Crippen LogP contribution in [0, 0.1) is 6.92 Å². The van der Waals surface area contributed by atoms with Crippen LogP contribution >= 0.6 is 23.1 Å². The fourth-order valence-corrected chi connectivity index (χ4v) is 3.90. The van der Waals surface area contributed by atoms with Crippen molar-refractivity contribution in [1.82, 2.24) is 10.3 Å². The Morgan fingerprint density at radius 2 is 2.04 bits per heavy atom. The molecular formula is C18H24N2OS2. The molecule has 0 saturated carbocycles. The van der Waals surface area contributed by atoms with Crippen LogP contribution in [0.25, 0.3) is 0 Å². The second-order valence-electron chi connectivity index (χ2n) is 5.61. The molecule has 0 atom stereocenters. The Bertz CT molecular complexity index is 608. The van der Waals surface area contributed by atoms with E-state index in [9.17, 15) is 4.79 Å². The van der Waals surface area contributed by atoms with E-state index < -0.39 is 0 Å². The zero-order valence-corrected chi connectivity index (χ0v) is 15.4. The van der Waals surface area contributed by atoms with E-state index in [2.05, 4.69) is 48.4 Å². The van der Waals surface area contributed by atoms with Gasteiger partial charge in [-0.3, -0.25) is 4.79 Å². The Kier molecular flexibility index (Phi) is 7.62. The first-order valence-corrected chi connectivity index (χ1v) is 9.93. The third-order valence-electron chi connectivity index (χ3n) is 3.46. The van der Waals surface area contributed by atoms with Gasteiger partial charge in [-0.2, -0.15) is 0 Å². The fourth-order valence-electron chi connectivity index (χ4n) is 2.10. The van der Waals surface area contributed by atoms with Crippen molar-refractivity contribution in [3.8, 4) is 0 Å². The van der Waals surface area contributed by atoms with Crippen LogP contribution in [-0.2, 0) is 17.0 Å². The van der Waals surface area contributed by atoms with E-state index in [1.807, 2.05) is 5.38 Å². The number of aromatic nitrogens is 1. The lowest BCUT2D eigenvalue weighted by Crippen LogP contribution is -2.26. The summed E-state index contributed by atoms with van der Waals surface area (Å²) in [5, 5.41) is 4.95. The monoisotopic (exact) mass is 348 g/mol. The molecule has 1 heterocycles. The van der Waals surface area contributed by atoms with Crippen molar-refractivity contribution < 1.29 is 4.79 Å². The highest BCUT2D eigenvalue weighted by atomic mass is 32.2. The largest absolute Gasteiger partial charge is 0.356 e. The Morgan fingerprint density at radius 3 is 2.78 bits per heavy atom. The molecule has 0 aliphatic rings. The summed E-state index contributed by atoms with van der Waals surface area (Å²) in [5.74, 6) is 0.984. The number of aryl methyl sites for hydroxylation is 1. The van der Waals surface area contributed by atoms with Crippen molar-refractivity contribution >= 4 is 29.0 Å². The first-order valence-electron chi connectivity index (χ1n) is 8.07. The fraction of sp³-hybridized carbons (Fsp3) is 0.444. The van der Waals surface area contributed by atoms with Crippen molar-refractivity contribution in [1.29, 1.82) is 0 Å². The average Bonchev–Trinajstić information content (AvgIpc) is 2.98. The van der Waals surface area contributed by atoms with E-state index in [1.165, 1.54) is 17.5 Å². The first-order chi connectivity index (χ1) is 11.2. The second-order valence-corrected chi connectivity index (χ2v) is 7.69. The standard InChI is InChI=1S/C18H24N2OS2/c1-3-4-5-10-19-17(21)11-16-13-23-18(20-16)22-12-15-8-6-14(2)7-9-15/h6-9,13H,3-5,10-12H2,1-2H3,(H,19,21). The van der Waals surface area contributed by atoms with Gasteiger partial charge in [-0.25, -0.2) is 4.98 Å². The van der Waals surface area contributed by atoms with E-state index in [0.29, 0.717) is 6.42 Å². The molecule has 0 saturated heterocycles. The van der Waals surface area contributed by atoms with E-state index in [0.717, 1.165) is 35.2 Å². The van der Waals surface area contributed by atoms with Crippen molar-refractivity contribution in [3.05, 3.63) is 46.5 Å². The number of thiazole rings is 1. The highest BCUT2D eigenvalue weighted by Gasteiger charge is 2.08. The van der Waals surface area contributed by atoms with E-state index >= 15 is 0 Å². The lowest BCUT2D eigenvalue weighted by atomic mass is 10.2. The number of hydrogen-bond donors (Lipinski definition) is 1. The summed E-state index contributed by atoms with van der Waals surface area (Å²) in [7, 11) is 0. The van der Waals surface area contributed by atoms with Crippen molar-refractivity contribution in [2.45, 2.75) is 49.6 Å². The number of rotatable bonds is 9. The summed E-state index contributed by atoms with van der Waals surface area (Å²) in [6, 6.07) is 8.57. The first kappa shape index (κ1) is 18.0. The third kappa shape index (κ3) is 6.75. The van der Waals surface area contributed by atoms with Crippen LogP contribution in [0.2, 0.25) is 0 Å². The topological polar surface area (TPSA) is 42.0 Å². The molecule has 3 nitrogen and oxygen atoms in total. The molecule has 124 valence electrons. The maximum Gasteiger partial charge on any atom is 0.226 e. The molecule has 0 radical (unpaired) electrons. The predicted molar refractivity (Wildman–Crippen MR) is 99.1 cm³/mol. The van der Waals surface area contributed by atoms with Gasteiger partial charge in [0.2, 0.25) is 5.91 Å². The van der Waals surface area contributed by atoms with Gasteiger partial charge in [-0.05, 0) is 18.9 Å².